The molecule has 2 atom stereocenters. The maximum atomic E-state index is 11.5. The van der Waals surface area contributed by atoms with E-state index in [1.807, 2.05) is 4.68 Å². The van der Waals surface area contributed by atoms with Gasteiger partial charge in [-0.05, 0) is 24.8 Å². The summed E-state index contributed by atoms with van der Waals surface area (Å²) in [5.41, 5.74) is 0.206. The standard InChI is InChI=1S/C13H23N3O2S/c1-5-14-12-11(6-7-13(12,2)3)16-9-10(8-15-16)19(4,17)18/h8-9,11-12,14H,5-7H2,1-4H3. The highest BCUT2D eigenvalue weighted by Gasteiger charge is 2.42. The zero-order valence-corrected chi connectivity index (χ0v) is 12.9. The molecule has 1 aromatic heterocycles. The monoisotopic (exact) mass is 285 g/mol. The minimum atomic E-state index is -3.17. The molecule has 1 saturated carbocycles. The average Bonchev–Trinajstić information content (AvgIpc) is 2.85. The predicted octanol–water partition coefficient (Wildman–Crippen LogP) is 1.63. The summed E-state index contributed by atoms with van der Waals surface area (Å²) in [4.78, 5) is 0.299. The van der Waals surface area contributed by atoms with Crippen LogP contribution < -0.4 is 5.32 Å². The second kappa shape index (κ2) is 4.90. The SMILES string of the molecule is CCNC1C(n2cc(S(C)(=O)=O)cn2)CCC1(C)C. The van der Waals surface area contributed by atoms with E-state index >= 15 is 0 Å². The molecule has 1 aliphatic carbocycles. The van der Waals surface area contributed by atoms with E-state index in [0.29, 0.717) is 10.9 Å². The molecule has 0 radical (unpaired) electrons. The maximum absolute atomic E-state index is 11.5. The van der Waals surface area contributed by atoms with Crippen LogP contribution in [0.1, 0.15) is 39.7 Å². The highest BCUT2D eigenvalue weighted by molar-refractivity contribution is 7.90. The van der Waals surface area contributed by atoms with Gasteiger partial charge in [0.05, 0.1) is 12.2 Å². The summed E-state index contributed by atoms with van der Waals surface area (Å²) in [6, 6.07) is 0.551. The Bertz CT molecular complexity index is 548. The molecule has 6 heteroatoms. The Morgan fingerprint density at radius 3 is 2.74 bits per heavy atom. The van der Waals surface area contributed by atoms with Crippen molar-refractivity contribution in [1.29, 1.82) is 0 Å². The molecule has 0 aromatic carbocycles. The van der Waals surface area contributed by atoms with E-state index in [0.717, 1.165) is 19.4 Å². The molecule has 0 spiro atoms. The lowest BCUT2D eigenvalue weighted by atomic mass is 9.86. The molecule has 1 aliphatic rings. The van der Waals surface area contributed by atoms with Crippen LogP contribution in [0.15, 0.2) is 17.3 Å². The summed E-state index contributed by atoms with van der Waals surface area (Å²) in [7, 11) is -3.17. The molecule has 108 valence electrons. The first-order valence-corrected chi connectivity index (χ1v) is 8.62. The summed E-state index contributed by atoms with van der Waals surface area (Å²) in [5.74, 6) is 0. The molecule has 0 amide bonds. The Balaban J connectivity index is 2.29. The number of likely N-dealkylation sites (N-methyl/N-ethyl adjacent to an activating group) is 1. The van der Waals surface area contributed by atoms with Gasteiger partial charge in [-0.1, -0.05) is 20.8 Å². The molecule has 1 N–H and O–H groups in total. The van der Waals surface area contributed by atoms with Gasteiger partial charge in [-0.3, -0.25) is 4.68 Å². The molecular weight excluding hydrogens is 262 g/mol. The van der Waals surface area contributed by atoms with Crippen molar-refractivity contribution in [2.24, 2.45) is 5.41 Å². The summed E-state index contributed by atoms with van der Waals surface area (Å²) >= 11 is 0. The van der Waals surface area contributed by atoms with Crippen molar-refractivity contribution < 1.29 is 8.42 Å². The lowest BCUT2D eigenvalue weighted by Crippen LogP contribution is -2.42. The Labute approximate surface area is 115 Å². The highest BCUT2D eigenvalue weighted by atomic mass is 32.2. The number of rotatable bonds is 4. The number of hydrogen-bond donors (Lipinski definition) is 1. The van der Waals surface area contributed by atoms with Crippen LogP contribution in [0.25, 0.3) is 0 Å². The zero-order chi connectivity index (χ0) is 14.3. The fourth-order valence-corrected chi connectivity index (χ4v) is 3.51. The number of nitrogens with one attached hydrogen (secondary N) is 1. The molecule has 2 unspecified atom stereocenters. The normalized spacial score (nSPS) is 26.7. The zero-order valence-electron chi connectivity index (χ0n) is 12.0. The van der Waals surface area contributed by atoms with Crippen molar-refractivity contribution in [1.82, 2.24) is 15.1 Å². The molecule has 19 heavy (non-hydrogen) atoms. The Kier molecular flexibility index (Phi) is 3.75. The van der Waals surface area contributed by atoms with Crippen molar-refractivity contribution in [2.75, 3.05) is 12.8 Å². The van der Waals surface area contributed by atoms with E-state index in [1.165, 1.54) is 12.5 Å². The highest BCUT2D eigenvalue weighted by Crippen LogP contribution is 2.43. The van der Waals surface area contributed by atoms with Gasteiger partial charge in [0, 0.05) is 18.5 Å². The van der Waals surface area contributed by atoms with E-state index in [1.54, 1.807) is 6.20 Å². The first-order chi connectivity index (χ1) is 8.75. The summed E-state index contributed by atoms with van der Waals surface area (Å²) in [5, 5.41) is 7.78. The van der Waals surface area contributed by atoms with E-state index < -0.39 is 9.84 Å². The minimum Gasteiger partial charge on any atom is -0.312 e. The van der Waals surface area contributed by atoms with Gasteiger partial charge in [0.25, 0.3) is 0 Å². The molecule has 0 aliphatic heterocycles. The molecule has 1 fully saturated rings. The van der Waals surface area contributed by atoms with Crippen molar-refractivity contribution in [2.45, 2.75) is 50.6 Å². The van der Waals surface area contributed by atoms with Crippen LogP contribution in [-0.2, 0) is 9.84 Å². The average molecular weight is 285 g/mol. The fourth-order valence-electron chi connectivity index (χ4n) is 2.97. The number of hydrogen-bond acceptors (Lipinski definition) is 4. The molecule has 1 aromatic rings. The predicted molar refractivity (Wildman–Crippen MR) is 74.9 cm³/mol. The van der Waals surface area contributed by atoms with Crippen molar-refractivity contribution in [3.05, 3.63) is 12.4 Å². The van der Waals surface area contributed by atoms with E-state index in [2.05, 4.69) is 31.2 Å². The summed E-state index contributed by atoms with van der Waals surface area (Å²) in [6.07, 6.45) is 6.46. The van der Waals surface area contributed by atoms with Crippen LogP contribution in [0.4, 0.5) is 0 Å². The fraction of sp³-hybridized carbons (Fsp3) is 0.769. The lowest BCUT2D eigenvalue weighted by molar-refractivity contribution is 0.244. The topological polar surface area (TPSA) is 64.0 Å². The second-order valence-electron chi connectivity index (χ2n) is 6.06. The van der Waals surface area contributed by atoms with Gasteiger partial charge in [0.2, 0.25) is 0 Å². The van der Waals surface area contributed by atoms with Gasteiger partial charge in [-0.15, -0.1) is 0 Å². The third-order valence-corrected chi connectivity index (χ3v) is 5.15. The van der Waals surface area contributed by atoms with Crippen LogP contribution >= 0.6 is 0 Å². The largest absolute Gasteiger partial charge is 0.312 e. The Morgan fingerprint density at radius 2 is 2.21 bits per heavy atom. The number of aromatic nitrogens is 2. The molecule has 0 saturated heterocycles. The van der Waals surface area contributed by atoms with E-state index in [4.69, 9.17) is 0 Å². The molecular formula is C13H23N3O2S. The first-order valence-electron chi connectivity index (χ1n) is 6.73. The lowest BCUT2D eigenvalue weighted by Gasteiger charge is -2.31. The quantitative estimate of drug-likeness (QED) is 0.913. The maximum Gasteiger partial charge on any atom is 0.178 e. The van der Waals surface area contributed by atoms with Gasteiger partial charge in [0.1, 0.15) is 4.90 Å². The van der Waals surface area contributed by atoms with Gasteiger partial charge >= 0.3 is 0 Å². The molecule has 1 heterocycles. The molecule has 0 bridgehead atoms. The molecule has 2 rings (SSSR count). The van der Waals surface area contributed by atoms with Gasteiger partial charge in [-0.25, -0.2) is 8.42 Å². The van der Waals surface area contributed by atoms with Crippen molar-refractivity contribution in [3.8, 4) is 0 Å². The molecule has 5 nitrogen and oxygen atoms in total. The van der Waals surface area contributed by atoms with Gasteiger partial charge < -0.3 is 5.32 Å². The van der Waals surface area contributed by atoms with Crippen LogP contribution in [-0.4, -0.2) is 37.0 Å². The van der Waals surface area contributed by atoms with E-state index in [-0.39, 0.29) is 11.5 Å². The summed E-state index contributed by atoms with van der Waals surface area (Å²) < 4.78 is 24.9. The van der Waals surface area contributed by atoms with Gasteiger partial charge in [0.15, 0.2) is 9.84 Å². The third-order valence-electron chi connectivity index (χ3n) is 4.08. The van der Waals surface area contributed by atoms with Crippen molar-refractivity contribution >= 4 is 9.84 Å². The van der Waals surface area contributed by atoms with E-state index in [9.17, 15) is 8.42 Å². The number of sulfone groups is 1. The van der Waals surface area contributed by atoms with Crippen LogP contribution in [0, 0.1) is 5.41 Å². The minimum absolute atomic E-state index is 0.206. The first kappa shape index (κ1) is 14.5. The van der Waals surface area contributed by atoms with Gasteiger partial charge in [-0.2, -0.15) is 5.10 Å². The smallest absolute Gasteiger partial charge is 0.178 e. The summed E-state index contributed by atoms with van der Waals surface area (Å²) in [6.45, 7) is 7.50. The van der Waals surface area contributed by atoms with Crippen LogP contribution in [0.5, 0.6) is 0 Å². The second-order valence-corrected chi connectivity index (χ2v) is 8.07. The van der Waals surface area contributed by atoms with Crippen LogP contribution in [0.3, 0.4) is 0 Å². The number of nitrogens with zero attached hydrogens (tertiary/aromatic N) is 2. The van der Waals surface area contributed by atoms with Crippen LogP contribution in [0.2, 0.25) is 0 Å². The van der Waals surface area contributed by atoms with Crippen molar-refractivity contribution in [3.63, 3.8) is 0 Å². The Hall–Kier alpha value is -0.880. The Morgan fingerprint density at radius 1 is 1.53 bits per heavy atom. The third kappa shape index (κ3) is 2.84.